The van der Waals surface area contributed by atoms with Gasteiger partial charge in [-0.15, -0.1) is 10.2 Å². The van der Waals surface area contributed by atoms with Gasteiger partial charge in [0, 0.05) is 13.0 Å². The van der Waals surface area contributed by atoms with Gasteiger partial charge in [-0.05, 0) is 13.0 Å². The third-order valence-corrected chi connectivity index (χ3v) is 2.13. The minimum absolute atomic E-state index is 0.161. The minimum Gasteiger partial charge on any atom is -0.424 e. The van der Waals surface area contributed by atoms with Crippen LogP contribution in [0.2, 0.25) is 0 Å². The fourth-order valence-corrected chi connectivity index (χ4v) is 1.41. The lowest BCUT2D eigenvalue weighted by atomic mass is 10.4. The molecule has 0 unspecified atom stereocenters. The molecule has 0 aliphatic rings. The maximum absolute atomic E-state index is 8.88. The minimum atomic E-state index is 0.161. The lowest BCUT2D eigenvalue weighted by molar-refractivity contribution is 0.178. The largest absolute Gasteiger partial charge is 0.424 e. The first-order valence-corrected chi connectivity index (χ1v) is 5.44. The van der Waals surface area contributed by atoms with Gasteiger partial charge >= 0.3 is 0 Å². The van der Waals surface area contributed by atoms with Crippen LogP contribution >= 0.6 is 0 Å². The van der Waals surface area contributed by atoms with Gasteiger partial charge in [0.25, 0.3) is 0 Å². The molecule has 1 rings (SSSR count). The zero-order chi connectivity index (χ0) is 11.1. The van der Waals surface area contributed by atoms with Crippen LogP contribution in [-0.2, 0) is 13.0 Å². The number of hydrogen-bond donors (Lipinski definition) is 1. The first-order valence-electron chi connectivity index (χ1n) is 5.44. The standard InChI is InChI=1S/C10H19N3O2/c1-3-5-13(6-7-14)8-10-12-11-9(4-2)15-10/h14H,3-8H2,1-2H3. The number of aliphatic hydroxyl groups is 1. The molecule has 0 spiro atoms. The average molecular weight is 213 g/mol. The van der Waals surface area contributed by atoms with Crippen molar-refractivity contribution in [1.29, 1.82) is 0 Å². The van der Waals surface area contributed by atoms with E-state index in [-0.39, 0.29) is 6.61 Å². The zero-order valence-electron chi connectivity index (χ0n) is 9.44. The molecule has 86 valence electrons. The molecule has 0 bridgehead atoms. The summed E-state index contributed by atoms with van der Waals surface area (Å²) in [5.41, 5.74) is 0. The second-order valence-corrected chi connectivity index (χ2v) is 3.44. The number of aliphatic hydroxyl groups excluding tert-OH is 1. The molecule has 15 heavy (non-hydrogen) atoms. The molecule has 0 amide bonds. The highest BCUT2D eigenvalue weighted by Gasteiger charge is 2.09. The Morgan fingerprint density at radius 2 is 1.93 bits per heavy atom. The van der Waals surface area contributed by atoms with E-state index in [1.54, 1.807) is 0 Å². The van der Waals surface area contributed by atoms with Gasteiger partial charge in [-0.2, -0.15) is 0 Å². The Labute approximate surface area is 90.1 Å². The Morgan fingerprint density at radius 1 is 1.20 bits per heavy atom. The van der Waals surface area contributed by atoms with Gasteiger partial charge < -0.3 is 9.52 Å². The van der Waals surface area contributed by atoms with E-state index in [1.807, 2.05) is 6.92 Å². The highest BCUT2D eigenvalue weighted by Crippen LogP contribution is 2.04. The maximum atomic E-state index is 8.88. The summed E-state index contributed by atoms with van der Waals surface area (Å²) in [5, 5.41) is 16.7. The number of aromatic nitrogens is 2. The van der Waals surface area contributed by atoms with Crippen molar-refractivity contribution >= 4 is 0 Å². The van der Waals surface area contributed by atoms with Crippen molar-refractivity contribution in [2.75, 3.05) is 19.7 Å². The predicted molar refractivity (Wildman–Crippen MR) is 56.3 cm³/mol. The van der Waals surface area contributed by atoms with Crippen LogP contribution in [0.4, 0.5) is 0 Å². The Morgan fingerprint density at radius 3 is 2.47 bits per heavy atom. The van der Waals surface area contributed by atoms with E-state index in [2.05, 4.69) is 22.0 Å². The van der Waals surface area contributed by atoms with Crippen molar-refractivity contribution in [1.82, 2.24) is 15.1 Å². The molecule has 0 saturated heterocycles. The molecule has 0 aliphatic carbocycles. The molecule has 5 nitrogen and oxygen atoms in total. The number of rotatable bonds is 7. The van der Waals surface area contributed by atoms with Crippen molar-refractivity contribution in [3.8, 4) is 0 Å². The second-order valence-electron chi connectivity index (χ2n) is 3.44. The molecule has 1 heterocycles. The molecular formula is C10H19N3O2. The summed E-state index contributed by atoms with van der Waals surface area (Å²) in [5.74, 6) is 1.30. The molecule has 0 aliphatic heterocycles. The SMILES string of the molecule is CCCN(CCO)Cc1nnc(CC)o1. The topological polar surface area (TPSA) is 62.4 Å². The van der Waals surface area contributed by atoms with E-state index in [4.69, 9.17) is 9.52 Å². The predicted octanol–water partition coefficient (Wildman–Crippen LogP) is 0.836. The van der Waals surface area contributed by atoms with Gasteiger partial charge in [-0.1, -0.05) is 13.8 Å². The number of nitrogens with zero attached hydrogens (tertiary/aromatic N) is 3. The van der Waals surface area contributed by atoms with Gasteiger partial charge in [0.1, 0.15) is 0 Å². The normalized spacial score (nSPS) is 11.2. The molecule has 1 aromatic rings. The second kappa shape index (κ2) is 6.53. The highest BCUT2D eigenvalue weighted by atomic mass is 16.4. The van der Waals surface area contributed by atoms with E-state index < -0.39 is 0 Å². The van der Waals surface area contributed by atoms with Gasteiger partial charge in [-0.25, -0.2) is 0 Å². The van der Waals surface area contributed by atoms with E-state index in [0.717, 1.165) is 19.4 Å². The smallest absolute Gasteiger partial charge is 0.230 e. The number of hydrogen-bond acceptors (Lipinski definition) is 5. The molecule has 0 atom stereocenters. The third kappa shape index (κ3) is 3.97. The van der Waals surface area contributed by atoms with E-state index in [0.29, 0.717) is 24.9 Å². The van der Waals surface area contributed by atoms with Crippen LogP contribution in [0, 0.1) is 0 Å². The summed E-state index contributed by atoms with van der Waals surface area (Å²) in [6.45, 7) is 6.46. The van der Waals surface area contributed by atoms with Crippen molar-refractivity contribution < 1.29 is 9.52 Å². The first-order chi connectivity index (χ1) is 7.30. The molecule has 1 aromatic heterocycles. The molecule has 5 heteroatoms. The Balaban J connectivity index is 2.48. The summed E-state index contributed by atoms with van der Waals surface area (Å²) in [6, 6.07) is 0. The van der Waals surface area contributed by atoms with Crippen molar-refractivity contribution in [2.24, 2.45) is 0 Å². The van der Waals surface area contributed by atoms with Crippen molar-refractivity contribution in [3.63, 3.8) is 0 Å². The quantitative estimate of drug-likeness (QED) is 0.727. The third-order valence-electron chi connectivity index (χ3n) is 2.13. The highest BCUT2D eigenvalue weighted by molar-refractivity contribution is 4.81. The van der Waals surface area contributed by atoms with Gasteiger partial charge in [0.15, 0.2) is 0 Å². The molecule has 0 aromatic carbocycles. The monoisotopic (exact) mass is 213 g/mol. The first kappa shape index (κ1) is 12.1. The van der Waals surface area contributed by atoms with Crippen molar-refractivity contribution in [2.45, 2.75) is 33.2 Å². The maximum Gasteiger partial charge on any atom is 0.230 e. The van der Waals surface area contributed by atoms with E-state index >= 15 is 0 Å². The summed E-state index contributed by atoms with van der Waals surface area (Å²) in [6.07, 6.45) is 1.82. The fraction of sp³-hybridized carbons (Fsp3) is 0.800. The Hall–Kier alpha value is -0.940. The molecular weight excluding hydrogens is 194 g/mol. The lowest BCUT2D eigenvalue weighted by Gasteiger charge is -2.17. The average Bonchev–Trinajstić information content (AvgIpc) is 2.66. The van der Waals surface area contributed by atoms with Crippen LogP contribution in [0.15, 0.2) is 4.42 Å². The van der Waals surface area contributed by atoms with Crippen LogP contribution < -0.4 is 0 Å². The Kier molecular flexibility index (Phi) is 5.28. The van der Waals surface area contributed by atoms with Gasteiger partial charge in [0.2, 0.25) is 11.8 Å². The van der Waals surface area contributed by atoms with Crippen LogP contribution in [0.3, 0.4) is 0 Å². The zero-order valence-corrected chi connectivity index (χ0v) is 9.44. The summed E-state index contributed by atoms with van der Waals surface area (Å²) >= 11 is 0. The molecule has 0 radical (unpaired) electrons. The van der Waals surface area contributed by atoms with Crippen LogP contribution in [-0.4, -0.2) is 39.9 Å². The summed E-state index contributed by atoms with van der Waals surface area (Å²) in [4.78, 5) is 2.10. The number of aryl methyl sites for hydroxylation is 1. The fourth-order valence-electron chi connectivity index (χ4n) is 1.41. The van der Waals surface area contributed by atoms with Crippen LogP contribution in [0.25, 0.3) is 0 Å². The molecule has 1 N–H and O–H groups in total. The summed E-state index contributed by atoms with van der Waals surface area (Å²) in [7, 11) is 0. The van der Waals surface area contributed by atoms with Crippen LogP contribution in [0.5, 0.6) is 0 Å². The van der Waals surface area contributed by atoms with E-state index in [1.165, 1.54) is 0 Å². The van der Waals surface area contributed by atoms with E-state index in [9.17, 15) is 0 Å². The molecule has 0 saturated carbocycles. The van der Waals surface area contributed by atoms with Gasteiger partial charge in [-0.3, -0.25) is 4.90 Å². The molecule has 0 fully saturated rings. The summed E-state index contributed by atoms with van der Waals surface area (Å²) < 4.78 is 5.41. The Bertz CT molecular complexity index is 269. The van der Waals surface area contributed by atoms with Crippen LogP contribution in [0.1, 0.15) is 32.0 Å². The van der Waals surface area contributed by atoms with Gasteiger partial charge in [0.05, 0.1) is 13.2 Å². The van der Waals surface area contributed by atoms with Crippen molar-refractivity contribution in [3.05, 3.63) is 11.8 Å². The lowest BCUT2D eigenvalue weighted by Crippen LogP contribution is -2.27.